The third kappa shape index (κ3) is 7.14. The Morgan fingerprint density at radius 2 is 1.86 bits per heavy atom. The number of rotatable bonds is 9. The Morgan fingerprint density at radius 1 is 1.06 bits per heavy atom. The topological polar surface area (TPSA) is 83.6 Å². The second kappa shape index (κ2) is 13.0. The van der Waals surface area contributed by atoms with Crippen LogP contribution in [-0.2, 0) is 11.3 Å². The van der Waals surface area contributed by atoms with Crippen molar-refractivity contribution >= 4 is 46.2 Å². The van der Waals surface area contributed by atoms with E-state index in [-0.39, 0.29) is 5.24 Å². The third-order valence-corrected chi connectivity index (χ3v) is 7.86. The van der Waals surface area contributed by atoms with Crippen molar-refractivity contribution in [2.75, 3.05) is 74.7 Å². The van der Waals surface area contributed by atoms with Crippen molar-refractivity contribution < 1.29 is 23.8 Å². The number of ether oxygens (including phenoxy) is 3. The van der Waals surface area contributed by atoms with Gasteiger partial charge in [0, 0.05) is 55.1 Å². The fourth-order valence-electron chi connectivity index (χ4n) is 4.04. The smallest absolute Gasteiger partial charge is 0.411 e. The summed E-state index contributed by atoms with van der Waals surface area (Å²) in [6.07, 6.45) is -0.470. The number of carbonyl (C=O) groups is 2. The summed E-state index contributed by atoms with van der Waals surface area (Å²) in [7, 11) is 3.21. The molecule has 2 aliphatic heterocycles. The average molecular weight is 533 g/mol. The van der Waals surface area contributed by atoms with Gasteiger partial charge in [-0.1, -0.05) is 12.1 Å². The standard InChI is InChI=1S/C25H32N4O5S2/c1-32-22-7-6-21(15-23(22)33-2)29-17-28(25(31)36-18-29)16-19-4-3-5-20(14-19)26-24(30)34-11-8-27-9-12-35-13-10-27/h3-7,14-15H,8-13,16-18H2,1-2H3,(H,26,30). The second-order valence-electron chi connectivity index (χ2n) is 8.37. The molecular weight excluding hydrogens is 500 g/mol. The molecular formula is C25H32N4O5S2. The van der Waals surface area contributed by atoms with Gasteiger partial charge in [-0.3, -0.25) is 15.0 Å². The first-order valence-corrected chi connectivity index (χ1v) is 13.9. The third-order valence-electron chi connectivity index (χ3n) is 5.97. The van der Waals surface area contributed by atoms with E-state index in [9.17, 15) is 9.59 Å². The highest BCUT2D eigenvalue weighted by molar-refractivity contribution is 8.13. The lowest BCUT2D eigenvalue weighted by Gasteiger charge is -2.36. The summed E-state index contributed by atoms with van der Waals surface area (Å²) in [5.41, 5.74) is 2.50. The molecule has 0 unspecified atom stereocenters. The largest absolute Gasteiger partial charge is 0.493 e. The van der Waals surface area contributed by atoms with Crippen LogP contribution in [0.4, 0.5) is 21.0 Å². The lowest BCUT2D eigenvalue weighted by molar-refractivity contribution is 0.142. The Hall–Kier alpha value is -2.76. The molecule has 0 atom stereocenters. The minimum absolute atomic E-state index is 0.0145. The molecule has 2 heterocycles. The fourth-order valence-corrected chi connectivity index (χ4v) is 5.82. The minimum Gasteiger partial charge on any atom is -0.493 e. The molecule has 4 rings (SSSR count). The quantitative estimate of drug-likeness (QED) is 0.505. The van der Waals surface area contributed by atoms with E-state index in [1.807, 2.05) is 54.2 Å². The number of hydrogen-bond acceptors (Lipinski definition) is 9. The highest BCUT2D eigenvalue weighted by Crippen LogP contribution is 2.34. The zero-order valence-electron chi connectivity index (χ0n) is 20.6. The Bertz CT molecular complexity index is 1050. The first-order chi connectivity index (χ1) is 17.6. The summed E-state index contributed by atoms with van der Waals surface area (Å²) in [5.74, 6) is 4.11. The van der Waals surface area contributed by atoms with Crippen molar-refractivity contribution in [2.45, 2.75) is 6.54 Å². The Morgan fingerprint density at radius 3 is 2.64 bits per heavy atom. The van der Waals surface area contributed by atoms with Gasteiger partial charge in [0.05, 0.1) is 26.8 Å². The number of thioether (sulfide) groups is 2. The number of nitrogens with zero attached hydrogens (tertiary/aromatic N) is 3. The van der Waals surface area contributed by atoms with Crippen molar-refractivity contribution in [3.63, 3.8) is 0 Å². The molecule has 2 aliphatic rings. The molecule has 2 amide bonds. The Balaban J connectivity index is 1.32. The van der Waals surface area contributed by atoms with E-state index in [1.165, 1.54) is 11.8 Å². The molecule has 2 aromatic carbocycles. The van der Waals surface area contributed by atoms with Crippen LogP contribution >= 0.6 is 23.5 Å². The van der Waals surface area contributed by atoms with Gasteiger partial charge in [-0.25, -0.2) is 4.79 Å². The molecule has 0 spiro atoms. The van der Waals surface area contributed by atoms with E-state index in [0.717, 1.165) is 42.4 Å². The van der Waals surface area contributed by atoms with Gasteiger partial charge in [0.15, 0.2) is 11.5 Å². The van der Waals surface area contributed by atoms with Gasteiger partial charge in [-0.15, -0.1) is 0 Å². The van der Waals surface area contributed by atoms with Crippen LogP contribution in [0.1, 0.15) is 5.56 Å². The Kier molecular flexibility index (Phi) is 9.48. The number of nitrogens with one attached hydrogen (secondary N) is 1. The summed E-state index contributed by atoms with van der Waals surface area (Å²) in [6.45, 7) is 4.05. The van der Waals surface area contributed by atoms with Gasteiger partial charge in [0.2, 0.25) is 0 Å². The SMILES string of the molecule is COc1ccc(N2CSC(=O)N(Cc3cccc(NC(=O)OCCN4CCSCC4)c3)C2)cc1OC. The summed E-state index contributed by atoms with van der Waals surface area (Å²) < 4.78 is 16.1. The van der Waals surface area contributed by atoms with Crippen molar-refractivity contribution in [3.8, 4) is 11.5 Å². The van der Waals surface area contributed by atoms with Crippen LogP contribution in [0, 0.1) is 0 Å². The summed E-state index contributed by atoms with van der Waals surface area (Å²) in [6, 6.07) is 13.2. The Labute approximate surface area is 220 Å². The molecule has 194 valence electrons. The normalized spacial score (nSPS) is 16.6. The van der Waals surface area contributed by atoms with E-state index in [0.29, 0.717) is 42.9 Å². The van der Waals surface area contributed by atoms with Gasteiger partial charge in [0.25, 0.3) is 5.24 Å². The molecule has 0 aromatic heterocycles. The first-order valence-electron chi connectivity index (χ1n) is 11.8. The number of anilines is 2. The predicted octanol–water partition coefficient (Wildman–Crippen LogP) is 4.39. The van der Waals surface area contributed by atoms with E-state index in [1.54, 1.807) is 19.1 Å². The zero-order valence-corrected chi connectivity index (χ0v) is 22.2. The molecule has 0 saturated carbocycles. The van der Waals surface area contributed by atoms with E-state index >= 15 is 0 Å². The number of carbonyl (C=O) groups excluding carboxylic acids is 2. The van der Waals surface area contributed by atoms with Gasteiger partial charge >= 0.3 is 6.09 Å². The molecule has 1 N–H and O–H groups in total. The maximum absolute atomic E-state index is 12.6. The van der Waals surface area contributed by atoms with Crippen molar-refractivity contribution in [1.29, 1.82) is 0 Å². The molecule has 0 aliphatic carbocycles. The van der Waals surface area contributed by atoms with E-state index < -0.39 is 6.09 Å². The highest BCUT2D eigenvalue weighted by atomic mass is 32.2. The molecule has 2 fully saturated rings. The fraction of sp³-hybridized carbons (Fsp3) is 0.440. The number of benzene rings is 2. The van der Waals surface area contributed by atoms with Gasteiger partial charge in [0.1, 0.15) is 6.61 Å². The number of amides is 2. The molecule has 11 heteroatoms. The van der Waals surface area contributed by atoms with Crippen LogP contribution in [-0.4, -0.2) is 85.6 Å². The van der Waals surface area contributed by atoms with Crippen molar-refractivity contribution in [2.24, 2.45) is 0 Å². The van der Waals surface area contributed by atoms with Crippen molar-refractivity contribution in [3.05, 3.63) is 48.0 Å². The molecule has 36 heavy (non-hydrogen) atoms. The lowest BCUT2D eigenvalue weighted by atomic mass is 10.2. The van der Waals surface area contributed by atoms with E-state index in [2.05, 4.69) is 15.1 Å². The minimum atomic E-state index is -0.470. The van der Waals surface area contributed by atoms with Crippen LogP contribution < -0.4 is 19.7 Å². The van der Waals surface area contributed by atoms with Gasteiger partial charge < -0.3 is 24.0 Å². The van der Waals surface area contributed by atoms with E-state index in [4.69, 9.17) is 14.2 Å². The average Bonchev–Trinajstić information content (AvgIpc) is 2.90. The van der Waals surface area contributed by atoms with Gasteiger partial charge in [-0.05, 0) is 41.6 Å². The highest BCUT2D eigenvalue weighted by Gasteiger charge is 2.25. The van der Waals surface area contributed by atoms with Crippen LogP contribution in [0.15, 0.2) is 42.5 Å². The molecule has 2 saturated heterocycles. The number of methoxy groups -OCH3 is 2. The molecule has 0 radical (unpaired) electrons. The first kappa shape index (κ1) is 26.3. The van der Waals surface area contributed by atoms with Crippen LogP contribution in [0.25, 0.3) is 0 Å². The van der Waals surface area contributed by atoms with Crippen LogP contribution in [0.2, 0.25) is 0 Å². The van der Waals surface area contributed by atoms with Crippen LogP contribution in [0.5, 0.6) is 11.5 Å². The maximum atomic E-state index is 12.6. The zero-order chi connectivity index (χ0) is 25.3. The number of hydrogen-bond donors (Lipinski definition) is 1. The monoisotopic (exact) mass is 532 g/mol. The molecule has 9 nitrogen and oxygen atoms in total. The van der Waals surface area contributed by atoms with Gasteiger partial charge in [-0.2, -0.15) is 11.8 Å². The van der Waals surface area contributed by atoms with Crippen LogP contribution in [0.3, 0.4) is 0 Å². The summed E-state index contributed by atoms with van der Waals surface area (Å²) >= 11 is 3.21. The maximum Gasteiger partial charge on any atom is 0.411 e. The molecule has 0 bridgehead atoms. The summed E-state index contributed by atoms with van der Waals surface area (Å²) in [4.78, 5) is 31.1. The summed E-state index contributed by atoms with van der Waals surface area (Å²) in [5, 5.41) is 2.81. The molecule has 2 aromatic rings. The van der Waals surface area contributed by atoms with Crippen molar-refractivity contribution in [1.82, 2.24) is 9.80 Å². The predicted molar refractivity (Wildman–Crippen MR) is 145 cm³/mol. The lowest BCUT2D eigenvalue weighted by Crippen LogP contribution is -2.44. The second-order valence-corrected chi connectivity index (χ2v) is 10.5.